The van der Waals surface area contributed by atoms with E-state index in [-0.39, 0.29) is 13.2 Å². The van der Waals surface area contributed by atoms with E-state index in [1.54, 1.807) is 0 Å². The van der Waals surface area contributed by atoms with Crippen LogP contribution < -0.4 is 0 Å². The molecular formula is C38H30ClNO4. The molecule has 0 bridgehead atoms. The van der Waals surface area contributed by atoms with Crippen molar-refractivity contribution >= 4 is 34.4 Å². The highest BCUT2D eigenvalue weighted by atomic mass is 35.5. The van der Waals surface area contributed by atoms with Crippen molar-refractivity contribution in [1.82, 2.24) is 4.98 Å². The molecule has 6 rings (SSSR count). The maximum absolute atomic E-state index is 14.2. The number of H-pyrrole nitrogens is 1. The number of hydrogen-bond donors (Lipinski definition) is 1. The van der Waals surface area contributed by atoms with Crippen molar-refractivity contribution in [2.45, 2.75) is 19.1 Å². The quantitative estimate of drug-likeness (QED) is 0.126. The lowest BCUT2D eigenvalue weighted by atomic mass is 9.78. The number of carbonyl (C=O) groups is 2. The molecule has 0 saturated carbocycles. The molecule has 5 nitrogen and oxygen atoms in total. The van der Waals surface area contributed by atoms with Crippen LogP contribution in [0.3, 0.4) is 0 Å². The van der Waals surface area contributed by atoms with Gasteiger partial charge in [0.25, 0.3) is 0 Å². The third-order valence-electron chi connectivity index (χ3n) is 7.62. The second kappa shape index (κ2) is 13.4. The van der Waals surface area contributed by atoms with Crippen LogP contribution in [0.2, 0.25) is 5.02 Å². The molecule has 0 aliphatic rings. The van der Waals surface area contributed by atoms with Crippen molar-refractivity contribution in [2.75, 3.05) is 0 Å². The SMILES string of the molecule is O=C(OCc1ccccc1)C(C(=O)OCc1ccccc1)C(c1ccccc1)c1c(-c2ccccc2)[nH]c2ccc(Cl)cc12. The number of rotatable bonds is 10. The van der Waals surface area contributed by atoms with Gasteiger partial charge in [0.1, 0.15) is 13.2 Å². The molecule has 1 atom stereocenters. The fourth-order valence-corrected chi connectivity index (χ4v) is 5.70. The van der Waals surface area contributed by atoms with Gasteiger partial charge in [-0.3, -0.25) is 9.59 Å². The molecule has 1 heterocycles. The van der Waals surface area contributed by atoms with Gasteiger partial charge in [0, 0.05) is 21.8 Å². The predicted octanol–water partition coefficient (Wildman–Crippen LogP) is 8.72. The van der Waals surface area contributed by atoms with Crippen LogP contribution in [0.1, 0.15) is 28.2 Å². The Balaban J connectivity index is 1.51. The molecule has 0 aliphatic carbocycles. The number of esters is 2. The lowest BCUT2D eigenvalue weighted by molar-refractivity contribution is -0.164. The van der Waals surface area contributed by atoms with Crippen molar-refractivity contribution in [2.24, 2.45) is 5.92 Å². The lowest BCUT2D eigenvalue weighted by Crippen LogP contribution is -2.34. The predicted molar refractivity (Wildman–Crippen MR) is 173 cm³/mol. The van der Waals surface area contributed by atoms with Crippen molar-refractivity contribution in [1.29, 1.82) is 0 Å². The van der Waals surface area contributed by atoms with E-state index in [1.165, 1.54) is 0 Å². The summed E-state index contributed by atoms with van der Waals surface area (Å²) >= 11 is 6.54. The van der Waals surface area contributed by atoms with Gasteiger partial charge in [-0.2, -0.15) is 0 Å². The maximum atomic E-state index is 14.2. The number of aromatic nitrogens is 1. The summed E-state index contributed by atoms with van der Waals surface area (Å²) in [7, 11) is 0. The van der Waals surface area contributed by atoms with Crippen molar-refractivity contribution < 1.29 is 19.1 Å². The Morgan fingerprint density at radius 3 is 1.68 bits per heavy atom. The molecule has 5 aromatic carbocycles. The number of benzene rings is 5. The van der Waals surface area contributed by atoms with Gasteiger partial charge in [-0.15, -0.1) is 0 Å². The normalized spacial score (nSPS) is 11.8. The second-order valence-electron chi connectivity index (χ2n) is 10.5. The van der Waals surface area contributed by atoms with Crippen LogP contribution in [0.15, 0.2) is 140 Å². The van der Waals surface area contributed by atoms with Crippen LogP contribution in [-0.4, -0.2) is 16.9 Å². The van der Waals surface area contributed by atoms with Gasteiger partial charge in [0.2, 0.25) is 0 Å². The molecule has 1 unspecified atom stereocenters. The van der Waals surface area contributed by atoms with E-state index in [4.69, 9.17) is 21.1 Å². The van der Waals surface area contributed by atoms with E-state index in [1.807, 2.05) is 140 Å². The molecule has 1 aromatic heterocycles. The molecule has 0 radical (unpaired) electrons. The van der Waals surface area contributed by atoms with Crippen LogP contribution in [-0.2, 0) is 32.3 Å². The van der Waals surface area contributed by atoms with E-state index in [0.29, 0.717) is 5.02 Å². The van der Waals surface area contributed by atoms with Gasteiger partial charge in [-0.25, -0.2) is 0 Å². The standard InChI is InChI=1S/C38H30ClNO4/c39-30-21-22-32-31(23-30)34(36(40-32)29-19-11-4-12-20-29)33(28-17-9-3-10-18-28)35(37(41)43-24-26-13-5-1-6-14-26)38(42)44-25-27-15-7-2-8-16-27/h1-23,33,35,40H,24-25H2. The van der Waals surface area contributed by atoms with Crippen molar-refractivity contribution in [3.8, 4) is 11.3 Å². The largest absolute Gasteiger partial charge is 0.460 e. The Morgan fingerprint density at radius 1 is 0.636 bits per heavy atom. The van der Waals surface area contributed by atoms with E-state index >= 15 is 0 Å². The van der Waals surface area contributed by atoms with Crippen LogP contribution >= 0.6 is 11.6 Å². The molecule has 0 amide bonds. The molecule has 0 saturated heterocycles. The average molecular weight is 600 g/mol. The van der Waals surface area contributed by atoms with Gasteiger partial charge in [-0.1, -0.05) is 133 Å². The van der Waals surface area contributed by atoms with Crippen LogP contribution in [0.4, 0.5) is 0 Å². The van der Waals surface area contributed by atoms with Gasteiger partial charge < -0.3 is 14.5 Å². The monoisotopic (exact) mass is 599 g/mol. The molecule has 0 fully saturated rings. The summed E-state index contributed by atoms with van der Waals surface area (Å²) in [4.78, 5) is 31.9. The molecule has 218 valence electrons. The highest BCUT2D eigenvalue weighted by molar-refractivity contribution is 6.31. The summed E-state index contributed by atoms with van der Waals surface area (Å²) < 4.78 is 11.7. The molecule has 6 heteroatoms. The number of carbonyl (C=O) groups excluding carboxylic acids is 2. The first-order chi connectivity index (χ1) is 21.6. The molecular weight excluding hydrogens is 570 g/mol. The Bertz CT molecular complexity index is 1800. The summed E-state index contributed by atoms with van der Waals surface area (Å²) in [6.07, 6.45) is 0. The fraction of sp³-hybridized carbons (Fsp3) is 0.105. The average Bonchev–Trinajstić information content (AvgIpc) is 3.45. The Labute approximate surface area is 261 Å². The van der Waals surface area contributed by atoms with E-state index in [0.717, 1.165) is 44.4 Å². The minimum atomic E-state index is -1.31. The molecule has 6 aromatic rings. The molecule has 0 aliphatic heterocycles. The third kappa shape index (κ3) is 6.43. The van der Waals surface area contributed by atoms with E-state index in [2.05, 4.69) is 4.98 Å². The van der Waals surface area contributed by atoms with Gasteiger partial charge in [-0.05, 0) is 46.0 Å². The second-order valence-corrected chi connectivity index (χ2v) is 11.0. The highest BCUT2D eigenvalue weighted by Gasteiger charge is 2.42. The van der Waals surface area contributed by atoms with Gasteiger partial charge in [0.15, 0.2) is 5.92 Å². The van der Waals surface area contributed by atoms with Gasteiger partial charge >= 0.3 is 11.9 Å². The number of hydrogen-bond acceptors (Lipinski definition) is 4. The summed E-state index contributed by atoms with van der Waals surface area (Å²) in [5.41, 5.74) is 5.69. The number of halogens is 1. The smallest absolute Gasteiger partial charge is 0.321 e. The van der Waals surface area contributed by atoms with Crippen molar-refractivity contribution in [3.63, 3.8) is 0 Å². The van der Waals surface area contributed by atoms with E-state index in [9.17, 15) is 9.59 Å². The van der Waals surface area contributed by atoms with Crippen molar-refractivity contribution in [3.05, 3.63) is 167 Å². The molecule has 0 spiro atoms. The van der Waals surface area contributed by atoms with Crippen LogP contribution in [0, 0.1) is 5.92 Å². The summed E-state index contributed by atoms with van der Waals surface area (Å²) in [6.45, 7) is 0.0454. The zero-order valence-corrected chi connectivity index (χ0v) is 24.6. The van der Waals surface area contributed by atoms with E-state index < -0.39 is 23.8 Å². The number of nitrogens with one attached hydrogen (secondary N) is 1. The minimum Gasteiger partial charge on any atom is -0.460 e. The molecule has 44 heavy (non-hydrogen) atoms. The zero-order valence-electron chi connectivity index (χ0n) is 23.9. The lowest BCUT2D eigenvalue weighted by Gasteiger charge is -2.26. The highest BCUT2D eigenvalue weighted by Crippen LogP contribution is 2.44. The topological polar surface area (TPSA) is 68.4 Å². The zero-order chi connectivity index (χ0) is 30.3. The summed E-state index contributed by atoms with van der Waals surface area (Å²) in [5, 5.41) is 1.35. The number of ether oxygens (including phenoxy) is 2. The number of aromatic amines is 1. The summed E-state index contributed by atoms with van der Waals surface area (Å²) in [6, 6.07) is 43.8. The minimum absolute atomic E-state index is 0.0227. The molecule has 1 N–H and O–H groups in total. The van der Waals surface area contributed by atoms with Crippen LogP contribution in [0.5, 0.6) is 0 Å². The van der Waals surface area contributed by atoms with Gasteiger partial charge in [0.05, 0.1) is 5.69 Å². The Kier molecular flexibility index (Phi) is 8.85. The third-order valence-corrected chi connectivity index (χ3v) is 7.86. The Hall–Kier alpha value is -5.13. The van der Waals surface area contributed by atoms with Crippen LogP contribution in [0.25, 0.3) is 22.2 Å². The maximum Gasteiger partial charge on any atom is 0.321 e. The Morgan fingerprint density at radius 2 is 1.14 bits per heavy atom. The number of fused-ring (bicyclic) bond motifs is 1. The first kappa shape index (κ1) is 29.0. The first-order valence-electron chi connectivity index (χ1n) is 14.4. The fourth-order valence-electron chi connectivity index (χ4n) is 5.53. The first-order valence-corrected chi connectivity index (χ1v) is 14.8. The summed E-state index contributed by atoms with van der Waals surface area (Å²) in [5.74, 6) is -3.41.